The Morgan fingerprint density at radius 1 is 1.29 bits per heavy atom. The van der Waals surface area contributed by atoms with E-state index in [-0.39, 0.29) is 0 Å². The zero-order chi connectivity index (χ0) is 12.3. The molecule has 2 atom stereocenters. The molecule has 0 saturated heterocycles. The summed E-state index contributed by atoms with van der Waals surface area (Å²) in [5.41, 5.74) is 2.02. The van der Waals surface area contributed by atoms with Crippen molar-refractivity contribution in [2.75, 3.05) is 0 Å². The first kappa shape index (κ1) is 12.9. The standard InChI is InChI=1S/C14H20O2Se/c1-2-3-4-7-10-14(15)13-9-6-5-8-12(13)11-17(14)16/h5-6,8-9,15H,2-4,7,10-11H2,1H3. The molecule has 1 heterocycles. The van der Waals surface area contributed by atoms with E-state index < -0.39 is 18.3 Å². The monoisotopic (exact) mass is 300 g/mol. The fourth-order valence-corrected chi connectivity index (χ4v) is 5.79. The summed E-state index contributed by atoms with van der Waals surface area (Å²) >= 11 is -2.17. The molecule has 2 nitrogen and oxygen atoms in total. The zero-order valence-corrected chi connectivity index (χ0v) is 12.0. The summed E-state index contributed by atoms with van der Waals surface area (Å²) in [6.07, 6.45) is 5.15. The van der Waals surface area contributed by atoms with Crippen LogP contribution in [0.4, 0.5) is 0 Å². The molecule has 0 aliphatic carbocycles. The number of unbranched alkanes of at least 4 members (excludes halogenated alkanes) is 3. The normalized spacial score (nSPS) is 27.1. The van der Waals surface area contributed by atoms with Crippen LogP contribution in [-0.2, 0) is 13.7 Å². The number of benzene rings is 1. The molecule has 0 fully saturated rings. The van der Waals surface area contributed by atoms with Gasteiger partial charge in [0, 0.05) is 0 Å². The quantitative estimate of drug-likeness (QED) is 0.670. The van der Waals surface area contributed by atoms with Gasteiger partial charge < -0.3 is 0 Å². The van der Waals surface area contributed by atoms with Crippen LogP contribution in [0, 0.1) is 0 Å². The Labute approximate surface area is 107 Å². The summed E-state index contributed by atoms with van der Waals surface area (Å²) in [7, 11) is 0. The van der Waals surface area contributed by atoms with E-state index in [0.717, 1.165) is 24.0 Å². The second-order valence-electron chi connectivity index (χ2n) is 4.74. The van der Waals surface area contributed by atoms with Gasteiger partial charge in [-0.05, 0) is 0 Å². The second kappa shape index (κ2) is 5.43. The topological polar surface area (TPSA) is 37.3 Å². The van der Waals surface area contributed by atoms with Crippen molar-refractivity contribution >= 4 is 13.8 Å². The van der Waals surface area contributed by atoms with Crippen LogP contribution < -0.4 is 0 Å². The molecule has 0 amide bonds. The van der Waals surface area contributed by atoms with Crippen molar-refractivity contribution in [3.05, 3.63) is 35.4 Å². The number of rotatable bonds is 5. The van der Waals surface area contributed by atoms with Crippen molar-refractivity contribution in [3.63, 3.8) is 0 Å². The number of aliphatic hydroxyl groups is 1. The molecule has 0 spiro atoms. The van der Waals surface area contributed by atoms with Crippen LogP contribution >= 0.6 is 0 Å². The van der Waals surface area contributed by atoms with E-state index in [0.29, 0.717) is 11.7 Å². The van der Waals surface area contributed by atoms with Gasteiger partial charge in [0.15, 0.2) is 0 Å². The summed E-state index contributed by atoms with van der Waals surface area (Å²) in [4.78, 5) is 0. The number of hydrogen-bond donors (Lipinski definition) is 1. The third-order valence-electron chi connectivity index (χ3n) is 3.47. The van der Waals surface area contributed by atoms with E-state index >= 15 is 0 Å². The van der Waals surface area contributed by atoms with Gasteiger partial charge in [-0.3, -0.25) is 0 Å². The van der Waals surface area contributed by atoms with E-state index in [9.17, 15) is 8.94 Å². The Balaban J connectivity index is 2.11. The first-order valence-corrected chi connectivity index (χ1v) is 9.14. The average Bonchev–Trinajstić information content (AvgIpc) is 2.59. The van der Waals surface area contributed by atoms with Gasteiger partial charge in [0.25, 0.3) is 0 Å². The molecular formula is C14H20O2Se. The predicted molar refractivity (Wildman–Crippen MR) is 69.2 cm³/mol. The van der Waals surface area contributed by atoms with Gasteiger partial charge >= 0.3 is 107 Å². The second-order valence-corrected chi connectivity index (χ2v) is 8.21. The third-order valence-corrected chi connectivity index (χ3v) is 7.14. The van der Waals surface area contributed by atoms with E-state index in [1.54, 1.807) is 0 Å². The van der Waals surface area contributed by atoms with Crippen molar-refractivity contribution < 1.29 is 8.94 Å². The first-order valence-electron chi connectivity index (χ1n) is 6.37. The van der Waals surface area contributed by atoms with Gasteiger partial charge in [-0.15, -0.1) is 0 Å². The van der Waals surface area contributed by atoms with E-state index in [2.05, 4.69) is 6.92 Å². The van der Waals surface area contributed by atoms with E-state index in [1.807, 2.05) is 24.3 Å². The summed E-state index contributed by atoms with van der Waals surface area (Å²) in [5, 5.41) is 11.3. The van der Waals surface area contributed by atoms with Gasteiger partial charge in [-0.1, -0.05) is 0 Å². The average molecular weight is 299 g/mol. The molecule has 3 heteroatoms. The van der Waals surface area contributed by atoms with Crippen LogP contribution in [0.25, 0.3) is 0 Å². The third kappa shape index (κ3) is 2.52. The minimum absolute atomic E-state index is 0.598. The molecule has 1 aliphatic rings. The van der Waals surface area contributed by atoms with Gasteiger partial charge in [0.2, 0.25) is 0 Å². The molecule has 17 heavy (non-hydrogen) atoms. The maximum atomic E-state index is 12.2. The number of fused-ring (bicyclic) bond motifs is 1. The summed E-state index contributed by atoms with van der Waals surface area (Å²) in [5.74, 6) is 0. The molecule has 0 bridgehead atoms. The summed E-state index contributed by atoms with van der Waals surface area (Å²) in [6, 6.07) is 7.82. The van der Waals surface area contributed by atoms with Crippen molar-refractivity contribution in [2.24, 2.45) is 0 Å². The molecule has 1 aromatic rings. The molecule has 0 radical (unpaired) electrons. The van der Waals surface area contributed by atoms with E-state index in [4.69, 9.17) is 0 Å². The maximum absolute atomic E-state index is 12.2. The van der Waals surface area contributed by atoms with Crippen molar-refractivity contribution in [1.29, 1.82) is 0 Å². The Morgan fingerprint density at radius 3 is 2.82 bits per heavy atom. The Hall–Kier alpha value is -0.501. The molecule has 0 saturated carbocycles. The Kier molecular flexibility index (Phi) is 4.13. The molecular weight excluding hydrogens is 279 g/mol. The van der Waals surface area contributed by atoms with Crippen LogP contribution in [-0.4, -0.2) is 18.9 Å². The van der Waals surface area contributed by atoms with Crippen LogP contribution in [0.2, 0.25) is 0 Å². The van der Waals surface area contributed by atoms with Gasteiger partial charge in [-0.2, -0.15) is 0 Å². The van der Waals surface area contributed by atoms with Crippen LogP contribution in [0.3, 0.4) is 0 Å². The van der Waals surface area contributed by atoms with Crippen molar-refractivity contribution in [3.8, 4) is 0 Å². The fraction of sp³-hybridized carbons (Fsp3) is 0.571. The van der Waals surface area contributed by atoms with Crippen LogP contribution in [0.15, 0.2) is 24.3 Å². The Bertz CT molecular complexity index is 416. The zero-order valence-electron chi connectivity index (χ0n) is 10.3. The van der Waals surface area contributed by atoms with Gasteiger partial charge in [-0.25, -0.2) is 0 Å². The van der Waals surface area contributed by atoms with Crippen LogP contribution in [0.5, 0.6) is 0 Å². The SMILES string of the molecule is CCCCCCC1(O)c2ccccc2C[Se]1=O. The van der Waals surface area contributed by atoms with E-state index in [1.165, 1.54) is 12.8 Å². The van der Waals surface area contributed by atoms with Gasteiger partial charge in [0.1, 0.15) is 0 Å². The van der Waals surface area contributed by atoms with Crippen LogP contribution in [0.1, 0.15) is 50.2 Å². The molecule has 1 aliphatic heterocycles. The molecule has 2 rings (SSSR count). The molecule has 94 valence electrons. The first-order chi connectivity index (χ1) is 8.18. The molecule has 1 N–H and O–H groups in total. The minimum atomic E-state index is -2.17. The summed E-state index contributed by atoms with van der Waals surface area (Å²) in [6.45, 7) is 2.17. The predicted octanol–water partition coefficient (Wildman–Crippen LogP) is 2.90. The molecule has 2 unspecified atom stereocenters. The Morgan fingerprint density at radius 2 is 2.06 bits per heavy atom. The molecule has 0 aromatic heterocycles. The molecule has 1 aromatic carbocycles. The van der Waals surface area contributed by atoms with Crippen molar-refractivity contribution in [2.45, 2.75) is 48.8 Å². The van der Waals surface area contributed by atoms with Crippen molar-refractivity contribution in [1.82, 2.24) is 0 Å². The van der Waals surface area contributed by atoms with Gasteiger partial charge in [0.05, 0.1) is 0 Å². The fourth-order valence-electron chi connectivity index (χ4n) is 2.45. The number of hydrogen-bond acceptors (Lipinski definition) is 2. The summed E-state index contributed by atoms with van der Waals surface area (Å²) < 4.78 is 11.2.